The van der Waals surface area contributed by atoms with Gasteiger partial charge < -0.3 is 9.84 Å². The number of hydrogen-bond donors (Lipinski definition) is 1. The van der Waals surface area contributed by atoms with Gasteiger partial charge in [0.25, 0.3) is 0 Å². The first-order valence-corrected chi connectivity index (χ1v) is 4.78. The van der Waals surface area contributed by atoms with Crippen LogP contribution in [0.1, 0.15) is 22.3 Å². The fourth-order valence-electron chi connectivity index (χ4n) is 1.07. The third-order valence-corrected chi connectivity index (χ3v) is 1.92. The molecule has 0 heterocycles. The highest BCUT2D eigenvalue weighted by molar-refractivity contribution is 5.89. The fourth-order valence-corrected chi connectivity index (χ4v) is 1.07. The second-order valence-electron chi connectivity index (χ2n) is 3.04. The van der Waals surface area contributed by atoms with E-state index in [-0.39, 0.29) is 19.2 Å². The molecule has 0 radical (unpaired) electrons. The number of carbonyl (C=O) groups excluding carboxylic acids is 1. The zero-order chi connectivity index (χ0) is 11.1. The van der Waals surface area contributed by atoms with Crippen LogP contribution in [0.4, 0.5) is 0 Å². The van der Waals surface area contributed by atoms with E-state index in [0.717, 1.165) is 5.56 Å². The van der Waals surface area contributed by atoms with Gasteiger partial charge in [0.1, 0.15) is 0 Å². The molecule has 1 N–H and O–H groups in total. The first-order chi connectivity index (χ1) is 7.27. The Hall–Kier alpha value is -1.61. The van der Waals surface area contributed by atoms with Crippen LogP contribution in [-0.4, -0.2) is 24.3 Å². The van der Waals surface area contributed by atoms with E-state index in [4.69, 9.17) is 9.84 Å². The fraction of sp³-hybridized carbons (Fsp3) is 0.250. The zero-order valence-electron chi connectivity index (χ0n) is 8.48. The summed E-state index contributed by atoms with van der Waals surface area (Å²) in [6, 6.07) is 6.99. The third kappa shape index (κ3) is 3.56. The Morgan fingerprint density at radius 3 is 2.60 bits per heavy atom. The molecule has 80 valence electrons. The standard InChI is InChI=1S/C12H14O3/c1-2-10-4-6-11(7-5-10)12(14)15-9-3-8-13/h2,4-7,13H,1,3,8-9H2. The Morgan fingerprint density at radius 1 is 1.40 bits per heavy atom. The number of carbonyl (C=O) groups is 1. The summed E-state index contributed by atoms with van der Waals surface area (Å²) < 4.78 is 4.92. The molecule has 0 aliphatic rings. The summed E-state index contributed by atoms with van der Waals surface area (Å²) >= 11 is 0. The average molecular weight is 206 g/mol. The van der Waals surface area contributed by atoms with Crippen LogP contribution in [0.3, 0.4) is 0 Å². The number of aliphatic hydroxyl groups is 1. The van der Waals surface area contributed by atoms with Crippen molar-refractivity contribution in [2.75, 3.05) is 13.2 Å². The minimum absolute atomic E-state index is 0.0304. The third-order valence-electron chi connectivity index (χ3n) is 1.92. The quantitative estimate of drug-likeness (QED) is 0.591. The van der Waals surface area contributed by atoms with Crippen LogP contribution in [0, 0.1) is 0 Å². The molecule has 0 unspecified atom stereocenters. The Balaban J connectivity index is 2.54. The van der Waals surface area contributed by atoms with Gasteiger partial charge in [0, 0.05) is 13.0 Å². The number of benzene rings is 1. The van der Waals surface area contributed by atoms with E-state index in [0.29, 0.717) is 12.0 Å². The topological polar surface area (TPSA) is 46.5 Å². The predicted molar refractivity (Wildman–Crippen MR) is 58.5 cm³/mol. The van der Waals surface area contributed by atoms with Crippen LogP contribution in [0.25, 0.3) is 6.08 Å². The number of ether oxygens (including phenoxy) is 1. The van der Waals surface area contributed by atoms with Crippen LogP contribution < -0.4 is 0 Å². The van der Waals surface area contributed by atoms with Crippen LogP contribution in [0.5, 0.6) is 0 Å². The van der Waals surface area contributed by atoms with Gasteiger partial charge in [0.2, 0.25) is 0 Å². The summed E-state index contributed by atoms with van der Waals surface area (Å²) in [4.78, 5) is 11.4. The highest BCUT2D eigenvalue weighted by Gasteiger charge is 2.05. The van der Waals surface area contributed by atoms with E-state index in [1.54, 1.807) is 30.3 Å². The summed E-state index contributed by atoms with van der Waals surface area (Å²) in [6.07, 6.45) is 2.18. The molecule has 0 atom stereocenters. The maximum atomic E-state index is 11.4. The van der Waals surface area contributed by atoms with Crippen molar-refractivity contribution in [1.82, 2.24) is 0 Å². The molecule has 0 saturated heterocycles. The second kappa shape index (κ2) is 5.98. The second-order valence-corrected chi connectivity index (χ2v) is 3.04. The van der Waals surface area contributed by atoms with Gasteiger partial charge in [-0.2, -0.15) is 0 Å². The van der Waals surface area contributed by atoms with E-state index in [2.05, 4.69) is 6.58 Å². The highest BCUT2D eigenvalue weighted by Crippen LogP contribution is 2.06. The van der Waals surface area contributed by atoms with Crippen LogP contribution in [0.15, 0.2) is 30.8 Å². The molecule has 0 aliphatic heterocycles. The Morgan fingerprint density at radius 2 is 2.07 bits per heavy atom. The Labute approximate surface area is 89.0 Å². The molecule has 0 saturated carbocycles. The maximum Gasteiger partial charge on any atom is 0.338 e. The number of rotatable bonds is 5. The van der Waals surface area contributed by atoms with E-state index >= 15 is 0 Å². The van der Waals surface area contributed by atoms with Crippen LogP contribution >= 0.6 is 0 Å². The van der Waals surface area contributed by atoms with Gasteiger partial charge in [-0.25, -0.2) is 4.79 Å². The Kier molecular flexibility index (Phi) is 4.57. The molecule has 0 bridgehead atoms. The molecule has 0 spiro atoms. The summed E-state index contributed by atoms with van der Waals surface area (Å²) in [7, 11) is 0. The molecule has 1 aromatic rings. The number of hydrogen-bond acceptors (Lipinski definition) is 3. The molecule has 0 fully saturated rings. The van der Waals surface area contributed by atoms with Crippen molar-refractivity contribution in [2.45, 2.75) is 6.42 Å². The molecule has 3 heteroatoms. The molecular weight excluding hydrogens is 192 g/mol. The van der Waals surface area contributed by atoms with E-state index < -0.39 is 0 Å². The monoisotopic (exact) mass is 206 g/mol. The molecule has 1 aromatic carbocycles. The van der Waals surface area contributed by atoms with E-state index in [9.17, 15) is 4.79 Å². The smallest absolute Gasteiger partial charge is 0.338 e. The molecule has 0 aromatic heterocycles. The van der Waals surface area contributed by atoms with Gasteiger partial charge in [0.15, 0.2) is 0 Å². The lowest BCUT2D eigenvalue weighted by Gasteiger charge is -2.03. The van der Waals surface area contributed by atoms with Gasteiger partial charge in [0.05, 0.1) is 12.2 Å². The molecule has 0 amide bonds. The van der Waals surface area contributed by atoms with Crippen molar-refractivity contribution < 1.29 is 14.6 Å². The first-order valence-electron chi connectivity index (χ1n) is 4.78. The predicted octanol–water partition coefficient (Wildman–Crippen LogP) is 1.87. The van der Waals surface area contributed by atoms with Gasteiger partial charge in [-0.05, 0) is 17.7 Å². The summed E-state index contributed by atoms with van der Waals surface area (Å²) in [5.41, 5.74) is 1.47. The summed E-state index contributed by atoms with van der Waals surface area (Å²) in [5, 5.41) is 8.52. The molecule has 1 rings (SSSR count). The lowest BCUT2D eigenvalue weighted by molar-refractivity contribution is 0.0482. The van der Waals surface area contributed by atoms with Gasteiger partial charge in [-0.3, -0.25) is 0 Å². The van der Waals surface area contributed by atoms with Gasteiger partial charge in [-0.1, -0.05) is 24.8 Å². The minimum atomic E-state index is -0.362. The average Bonchev–Trinajstić information content (AvgIpc) is 2.29. The van der Waals surface area contributed by atoms with Crippen molar-refractivity contribution in [3.63, 3.8) is 0 Å². The van der Waals surface area contributed by atoms with E-state index in [1.807, 2.05) is 0 Å². The number of aliphatic hydroxyl groups excluding tert-OH is 1. The first kappa shape index (κ1) is 11.5. The SMILES string of the molecule is C=Cc1ccc(C(=O)OCCCO)cc1. The van der Waals surface area contributed by atoms with Crippen LogP contribution in [0.2, 0.25) is 0 Å². The van der Waals surface area contributed by atoms with Crippen molar-refractivity contribution in [1.29, 1.82) is 0 Å². The zero-order valence-corrected chi connectivity index (χ0v) is 8.48. The van der Waals surface area contributed by atoms with Crippen LogP contribution in [-0.2, 0) is 4.74 Å². The largest absolute Gasteiger partial charge is 0.462 e. The van der Waals surface area contributed by atoms with E-state index in [1.165, 1.54) is 0 Å². The van der Waals surface area contributed by atoms with Crippen molar-refractivity contribution >= 4 is 12.0 Å². The summed E-state index contributed by atoms with van der Waals surface area (Å²) in [5.74, 6) is -0.362. The van der Waals surface area contributed by atoms with Gasteiger partial charge in [-0.15, -0.1) is 0 Å². The van der Waals surface area contributed by atoms with Crippen molar-refractivity contribution in [3.05, 3.63) is 42.0 Å². The number of esters is 1. The lowest BCUT2D eigenvalue weighted by atomic mass is 10.1. The molecular formula is C12H14O3. The molecule has 15 heavy (non-hydrogen) atoms. The van der Waals surface area contributed by atoms with Gasteiger partial charge >= 0.3 is 5.97 Å². The lowest BCUT2D eigenvalue weighted by Crippen LogP contribution is -2.07. The highest BCUT2D eigenvalue weighted by atomic mass is 16.5. The Bertz CT molecular complexity index is 327. The molecule has 3 nitrogen and oxygen atoms in total. The van der Waals surface area contributed by atoms with Crippen molar-refractivity contribution in [2.24, 2.45) is 0 Å². The molecule has 0 aliphatic carbocycles. The summed E-state index contributed by atoms with van der Waals surface area (Å²) in [6.45, 7) is 3.90. The van der Waals surface area contributed by atoms with Crippen molar-refractivity contribution in [3.8, 4) is 0 Å². The maximum absolute atomic E-state index is 11.4. The minimum Gasteiger partial charge on any atom is -0.462 e. The normalized spacial score (nSPS) is 9.67.